The van der Waals surface area contributed by atoms with Crippen LogP contribution in [0.2, 0.25) is 0 Å². The first-order valence-electron chi connectivity index (χ1n) is 6.89. The summed E-state index contributed by atoms with van der Waals surface area (Å²) < 4.78 is 0. The summed E-state index contributed by atoms with van der Waals surface area (Å²) >= 11 is 0. The van der Waals surface area contributed by atoms with Gasteiger partial charge in [-0.25, -0.2) is 0 Å². The average molecular weight is 257 g/mol. The molecule has 0 aromatic rings. The maximum Gasteiger partial charge on any atom is 0.242 e. The lowest BCUT2D eigenvalue weighted by Crippen LogP contribution is -2.54. The lowest BCUT2D eigenvalue weighted by Gasteiger charge is -2.31. The van der Waals surface area contributed by atoms with Crippen LogP contribution in [0.3, 0.4) is 0 Å². The predicted octanol–water partition coefficient (Wildman–Crippen LogP) is -0.0989. The van der Waals surface area contributed by atoms with Crippen molar-refractivity contribution in [3.05, 3.63) is 0 Å². The number of hydrogen-bond donors (Lipinski definition) is 2. The number of nitrogens with zero attached hydrogens (tertiary/aromatic N) is 2. The Labute approximate surface area is 110 Å². The molecule has 5 nitrogen and oxygen atoms in total. The minimum Gasteiger partial charge on any atom is -0.395 e. The van der Waals surface area contributed by atoms with Crippen molar-refractivity contribution in [2.45, 2.75) is 32.7 Å². The van der Waals surface area contributed by atoms with Gasteiger partial charge in [0.15, 0.2) is 0 Å². The van der Waals surface area contributed by atoms with Crippen LogP contribution >= 0.6 is 0 Å². The Morgan fingerprint density at radius 1 is 1.28 bits per heavy atom. The van der Waals surface area contributed by atoms with Crippen LogP contribution in [-0.2, 0) is 4.79 Å². The molecule has 0 unspecified atom stereocenters. The smallest absolute Gasteiger partial charge is 0.242 e. The Hall–Kier alpha value is -0.650. The number of nitrogens with one attached hydrogen (secondary N) is 1. The molecule has 2 N–H and O–H groups in total. The molecule has 1 rings (SSSR count). The highest BCUT2D eigenvalue weighted by molar-refractivity contribution is 5.85. The molecule has 0 aromatic heterocycles. The minimum atomic E-state index is -0.485. The summed E-state index contributed by atoms with van der Waals surface area (Å²) in [5.74, 6) is 0.176. The SMILES string of the molecule is CCNC(C)(C)C(=O)N1CCCN(CCO)CC1. The summed E-state index contributed by atoms with van der Waals surface area (Å²) in [5.41, 5.74) is -0.485. The van der Waals surface area contributed by atoms with Crippen LogP contribution in [-0.4, -0.2) is 72.2 Å². The van der Waals surface area contributed by atoms with Crippen molar-refractivity contribution >= 4 is 5.91 Å². The van der Waals surface area contributed by atoms with E-state index in [-0.39, 0.29) is 12.5 Å². The maximum absolute atomic E-state index is 12.4. The van der Waals surface area contributed by atoms with Crippen molar-refractivity contribution in [2.75, 3.05) is 45.9 Å². The van der Waals surface area contributed by atoms with Gasteiger partial charge < -0.3 is 15.3 Å². The van der Waals surface area contributed by atoms with Crippen molar-refractivity contribution < 1.29 is 9.90 Å². The molecule has 5 heteroatoms. The van der Waals surface area contributed by atoms with Gasteiger partial charge in [-0.2, -0.15) is 0 Å². The molecule has 18 heavy (non-hydrogen) atoms. The van der Waals surface area contributed by atoms with Gasteiger partial charge in [0.1, 0.15) is 0 Å². The fraction of sp³-hybridized carbons (Fsp3) is 0.923. The molecule has 1 aliphatic heterocycles. The van der Waals surface area contributed by atoms with Crippen LogP contribution in [0.5, 0.6) is 0 Å². The molecule has 0 spiro atoms. The standard InChI is InChI=1S/C13H27N3O2/c1-4-14-13(2,3)12(18)16-7-5-6-15(8-9-16)10-11-17/h14,17H,4-11H2,1-3H3. The third kappa shape index (κ3) is 4.23. The third-order valence-electron chi connectivity index (χ3n) is 3.45. The van der Waals surface area contributed by atoms with Crippen molar-refractivity contribution in [1.29, 1.82) is 0 Å². The molecule has 1 fully saturated rings. The molecular formula is C13H27N3O2. The molecule has 0 aliphatic carbocycles. The Balaban J connectivity index is 2.54. The average Bonchev–Trinajstić information content (AvgIpc) is 2.54. The highest BCUT2D eigenvalue weighted by atomic mass is 16.3. The first-order chi connectivity index (χ1) is 8.51. The van der Waals surface area contributed by atoms with E-state index in [0.717, 1.165) is 39.1 Å². The summed E-state index contributed by atoms with van der Waals surface area (Å²) in [6.07, 6.45) is 0.980. The van der Waals surface area contributed by atoms with Crippen LogP contribution in [0.4, 0.5) is 0 Å². The fourth-order valence-electron chi connectivity index (χ4n) is 2.45. The Morgan fingerprint density at radius 3 is 2.61 bits per heavy atom. The maximum atomic E-state index is 12.4. The molecule has 0 radical (unpaired) electrons. The number of rotatable bonds is 5. The molecule has 1 heterocycles. The summed E-state index contributed by atoms with van der Waals surface area (Å²) in [6.45, 7) is 11.0. The van der Waals surface area contributed by atoms with Gasteiger partial charge in [0.2, 0.25) is 5.91 Å². The number of amides is 1. The quantitative estimate of drug-likeness (QED) is 0.722. The zero-order valence-electron chi connectivity index (χ0n) is 11.9. The van der Waals surface area contributed by atoms with Gasteiger partial charge in [-0.3, -0.25) is 9.69 Å². The van der Waals surface area contributed by atoms with Crippen LogP contribution < -0.4 is 5.32 Å². The van der Waals surface area contributed by atoms with E-state index in [1.54, 1.807) is 0 Å². The van der Waals surface area contributed by atoms with Crippen molar-refractivity contribution in [2.24, 2.45) is 0 Å². The van der Waals surface area contributed by atoms with Crippen molar-refractivity contribution in [1.82, 2.24) is 15.1 Å². The molecule has 1 aliphatic rings. The number of aliphatic hydroxyl groups excluding tert-OH is 1. The number of aliphatic hydroxyl groups is 1. The van der Waals surface area contributed by atoms with Gasteiger partial charge in [-0.15, -0.1) is 0 Å². The zero-order valence-corrected chi connectivity index (χ0v) is 11.9. The van der Waals surface area contributed by atoms with E-state index in [1.165, 1.54) is 0 Å². The van der Waals surface area contributed by atoms with Crippen LogP contribution in [0, 0.1) is 0 Å². The van der Waals surface area contributed by atoms with Gasteiger partial charge in [0.25, 0.3) is 0 Å². The first kappa shape index (κ1) is 15.4. The molecule has 1 amide bonds. The number of likely N-dealkylation sites (N-methyl/N-ethyl adjacent to an activating group) is 1. The second kappa shape index (κ2) is 7.07. The Morgan fingerprint density at radius 2 is 2.00 bits per heavy atom. The second-order valence-corrected chi connectivity index (χ2v) is 5.37. The van der Waals surface area contributed by atoms with Crippen LogP contribution in [0.15, 0.2) is 0 Å². The number of hydrogen-bond acceptors (Lipinski definition) is 4. The van der Waals surface area contributed by atoms with Crippen molar-refractivity contribution in [3.63, 3.8) is 0 Å². The predicted molar refractivity (Wildman–Crippen MR) is 72.5 cm³/mol. The number of carbonyl (C=O) groups is 1. The normalized spacial score (nSPS) is 18.8. The molecular weight excluding hydrogens is 230 g/mol. The zero-order chi connectivity index (χ0) is 13.6. The molecule has 0 aromatic carbocycles. The highest BCUT2D eigenvalue weighted by Crippen LogP contribution is 2.11. The largest absolute Gasteiger partial charge is 0.395 e. The minimum absolute atomic E-state index is 0.176. The van der Waals surface area contributed by atoms with Gasteiger partial charge in [-0.1, -0.05) is 6.92 Å². The summed E-state index contributed by atoms with van der Waals surface area (Å²) in [7, 11) is 0. The topological polar surface area (TPSA) is 55.8 Å². The fourth-order valence-corrected chi connectivity index (χ4v) is 2.45. The molecule has 106 valence electrons. The van der Waals surface area contributed by atoms with E-state index in [4.69, 9.17) is 5.11 Å². The first-order valence-corrected chi connectivity index (χ1v) is 6.89. The van der Waals surface area contributed by atoms with Gasteiger partial charge in [0.05, 0.1) is 12.1 Å². The number of carbonyl (C=O) groups excluding carboxylic acids is 1. The van der Waals surface area contributed by atoms with Crippen LogP contribution in [0.1, 0.15) is 27.2 Å². The molecule has 0 saturated carbocycles. The molecule has 1 saturated heterocycles. The summed E-state index contributed by atoms with van der Waals surface area (Å²) in [5, 5.41) is 12.2. The van der Waals surface area contributed by atoms with E-state index in [1.807, 2.05) is 25.7 Å². The highest BCUT2D eigenvalue weighted by Gasteiger charge is 2.31. The van der Waals surface area contributed by atoms with Gasteiger partial charge in [-0.05, 0) is 33.4 Å². The van der Waals surface area contributed by atoms with E-state index in [9.17, 15) is 4.79 Å². The van der Waals surface area contributed by atoms with E-state index in [0.29, 0.717) is 6.54 Å². The van der Waals surface area contributed by atoms with Gasteiger partial charge >= 0.3 is 0 Å². The van der Waals surface area contributed by atoms with E-state index >= 15 is 0 Å². The van der Waals surface area contributed by atoms with Gasteiger partial charge in [0, 0.05) is 26.2 Å². The number of β-amino-alcohol motifs (C(OH)–C–C–N with tert-alkyl or cyclic N) is 1. The monoisotopic (exact) mass is 257 g/mol. The Bertz CT molecular complexity index is 269. The lowest BCUT2D eigenvalue weighted by molar-refractivity contribution is -0.137. The molecule has 0 atom stereocenters. The van der Waals surface area contributed by atoms with Crippen LogP contribution in [0.25, 0.3) is 0 Å². The van der Waals surface area contributed by atoms with Crippen molar-refractivity contribution in [3.8, 4) is 0 Å². The second-order valence-electron chi connectivity index (χ2n) is 5.37. The molecule has 0 bridgehead atoms. The lowest BCUT2D eigenvalue weighted by atomic mass is 10.0. The summed E-state index contributed by atoms with van der Waals surface area (Å²) in [4.78, 5) is 16.6. The van der Waals surface area contributed by atoms with E-state index in [2.05, 4.69) is 10.2 Å². The Kier molecular flexibility index (Phi) is 6.05. The summed E-state index contributed by atoms with van der Waals surface area (Å²) in [6, 6.07) is 0. The van der Waals surface area contributed by atoms with E-state index < -0.39 is 5.54 Å². The third-order valence-corrected chi connectivity index (χ3v) is 3.45.